The molecule has 1 saturated heterocycles. The number of rotatable bonds is 5. The van der Waals surface area contributed by atoms with Gasteiger partial charge in [-0.25, -0.2) is 4.79 Å². The van der Waals surface area contributed by atoms with Crippen molar-refractivity contribution in [2.24, 2.45) is 0 Å². The largest absolute Gasteiger partial charge is 0.507 e. The van der Waals surface area contributed by atoms with Crippen LogP contribution in [0.15, 0.2) is 39.5 Å². The van der Waals surface area contributed by atoms with Gasteiger partial charge >= 0.3 is 5.63 Å². The highest BCUT2D eigenvalue weighted by molar-refractivity contribution is 6.19. The molecular formula is C27H28O10. The number of fused-ring (bicyclic) bond motifs is 5. The molecule has 0 saturated carbocycles. The molecule has 10 heteroatoms. The van der Waals surface area contributed by atoms with Crippen molar-refractivity contribution in [2.45, 2.75) is 50.5 Å². The molecule has 4 aromatic rings. The van der Waals surface area contributed by atoms with Crippen LogP contribution in [0.2, 0.25) is 0 Å². The maximum atomic E-state index is 13.3. The molecule has 5 rings (SSSR count). The van der Waals surface area contributed by atoms with E-state index in [2.05, 4.69) is 0 Å². The Kier molecular flexibility index (Phi) is 6.25. The summed E-state index contributed by atoms with van der Waals surface area (Å²) in [5.74, 6) is 0.395. The SMILES string of the molecule is COc1cc2c(oc(=O)c3cc([C@H](C)O)cc(OC)c32)c2c([C@H]3O[C@@H]([C@@H](C)O)[C@H](O)[C@H]3O)ccc(O)c12. The van der Waals surface area contributed by atoms with Gasteiger partial charge in [-0.2, -0.15) is 0 Å². The molecule has 6 atom stereocenters. The fraction of sp³-hybridized carbons (Fsp3) is 0.370. The van der Waals surface area contributed by atoms with Crippen LogP contribution in [0, 0.1) is 0 Å². The average molecular weight is 513 g/mol. The topological polar surface area (TPSA) is 159 Å². The summed E-state index contributed by atoms with van der Waals surface area (Å²) >= 11 is 0. The minimum atomic E-state index is -1.41. The predicted molar refractivity (Wildman–Crippen MR) is 134 cm³/mol. The van der Waals surface area contributed by atoms with E-state index in [1.165, 1.54) is 39.3 Å². The molecule has 10 nitrogen and oxygen atoms in total. The van der Waals surface area contributed by atoms with Crippen molar-refractivity contribution in [2.75, 3.05) is 14.2 Å². The van der Waals surface area contributed by atoms with E-state index in [1.807, 2.05) is 0 Å². The van der Waals surface area contributed by atoms with Crippen molar-refractivity contribution in [3.8, 4) is 17.2 Å². The lowest BCUT2D eigenvalue weighted by Crippen LogP contribution is -2.36. The van der Waals surface area contributed by atoms with E-state index >= 15 is 0 Å². The number of phenols is 1. The number of aliphatic hydroxyl groups excluding tert-OH is 4. The smallest absolute Gasteiger partial charge is 0.344 e. The molecule has 1 aromatic heterocycles. The highest BCUT2D eigenvalue weighted by Gasteiger charge is 2.46. The first-order valence-electron chi connectivity index (χ1n) is 11.8. The Morgan fingerprint density at radius 3 is 2.16 bits per heavy atom. The summed E-state index contributed by atoms with van der Waals surface area (Å²) in [6.45, 7) is 3.01. The summed E-state index contributed by atoms with van der Waals surface area (Å²) in [7, 11) is 2.86. The van der Waals surface area contributed by atoms with Crippen LogP contribution in [0.25, 0.3) is 32.5 Å². The Labute approximate surface area is 210 Å². The van der Waals surface area contributed by atoms with Crippen LogP contribution in [0.4, 0.5) is 0 Å². The first kappa shape index (κ1) is 25.2. The van der Waals surface area contributed by atoms with Gasteiger partial charge < -0.3 is 44.2 Å². The van der Waals surface area contributed by atoms with Crippen molar-refractivity contribution in [1.82, 2.24) is 0 Å². The number of hydrogen-bond acceptors (Lipinski definition) is 10. The second kappa shape index (κ2) is 9.16. The predicted octanol–water partition coefficient (Wildman–Crippen LogP) is 2.42. The summed E-state index contributed by atoms with van der Waals surface area (Å²) < 4.78 is 22.9. The van der Waals surface area contributed by atoms with E-state index in [4.69, 9.17) is 18.6 Å². The number of aliphatic hydroxyl groups is 4. The molecule has 0 unspecified atom stereocenters. The van der Waals surface area contributed by atoms with Gasteiger partial charge in [0.25, 0.3) is 0 Å². The molecule has 2 heterocycles. The van der Waals surface area contributed by atoms with Crippen LogP contribution >= 0.6 is 0 Å². The summed E-state index contributed by atoms with van der Waals surface area (Å²) in [5, 5.41) is 53.7. The summed E-state index contributed by atoms with van der Waals surface area (Å²) in [6, 6.07) is 7.65. The van der Waals surface area contributed by atoms with Gasteiger partial charge in [0, 0.05) is 16.2 Å². The summed E-state index contributed by atoms with van der Waals surface area (Å²) in [4.78, 5) is 13.3. The Hall–Kier alpha value is -3.41. The quantitative estimate of drug-likeness (QED) is 0.199. The van der Waals surface area contributed by atoms with Crippen LogP contribution < -0.4 is 15.1 Å². The minimum absolute atomic E-state index is 0.0769. The first-order chi connectivity index (χ1) is 17.6. The fourth-order valence-corrected chi connectivity index (χ4v) is 5.18. The average Bonchev–Trinajstić information content (AvgIpc) is 3.17. The van der Waals surface area contributed by atoms with Gasteiger partial charge in [0.15, 0.2) is 0 Å². The van der Waals surface area contributed by atoms with Crippen LogP contribution in [-0.4, -0.2) is 64.2 Å². The Morgan fingerprint density at radius 2 is 1.57 bits per heavy atom. The van der Waals surface area contributed by atoms with Crippen LogP contribution in [0.1, 0.15) is 37.2 Å². The van der Waals surface area contributed by atoms with Crippen molar-refractivity contribution in [3.63, 3.8) is 0 Å². The molecule has 0 aliphatic carbocycles. The molecule has 0 radical (unpaired) electrons. The van der Waals surface area contributed by atoms with Gasteiger partial charge in [-0.15, -0.1) is 0 Å². The minimum Gasteiger partial charge on any atom is -0.507 e. The molecule has 1 aliphatic rings. The molecular weight excluding hydrogens is 484 g/mol. The highest BCUT2D eigenvalue weighted by Crippen LogP contribution is 2.47. The molecule has 37 heavy (non-hydrogen) atoms. The highest BCUT2D eigenvalue weighted by atomic mass is 16.6. The van der Waals surface area contributed by atoms with Gasteiger partial charge in [0.05, 0.1) is 37.2 Å². The number of hydrogen-bond donors (Lipinski definition) is 5. The van der Waals surface area contributed by atoms with Crippen LogP contribution in [0.5, 0.6) is 17.2 Å². The summed E-state index contributed by atoms with van der Waals surface area (Å²) in [5.41, 5.74) is 0.142. The zero-order chi connectivity index (χ0) is 26.8. The second-order valence-corrected chi connectivity index (χ2v) is 9.33. The zero-order valence-electron chi connectivity index (χ0n) is 20.6. The number of aromatic hydroxyl groups is 1. The Bertz CT molecular complexity index is 1570. The molecule has 0 amide bonds. The molecule has 1 fully saturated rings. The van der Waals surface area contributed by atoms with Gasteiger partial charge in [-0.1, -0.05) is 6.07 Å². The lowest BCUT2D eigenvalue weighted by atomic mass is 9.92. The van der Waals surface area contributed by atoms with Crippen molar-refractivity contribution in [1.29, 1.82) is 0 Å². The van der Waals surface area contributed by atoms with Crippen molar-refractivity contribution < 1.29 is 44.2 Å². The number of benzene rings is 3. The number of phenolic OH excluding ortho intramolecular Hbond substituents is 1. The lowest BCUT2D eigenvalue weighted by molar-refractivity contribution is -0.0586. The van der Waals surface area contributed by atoms with Crippen LogP contribution in [-0.2, 0) is 4.74 Å². The fourth-order valence-electron chi connectivity index (χ4n) is 5.18. The van der Waals surface area contributed by atoms with E-state index in [9.17, 15) is 30.3 Å². The zero-order valence-corrected chi connectivity index (χ0v) is 20.6. The number of ether oxygens (including phenoxy) is 3. The van der Waals surface area contributed by atoms with Crippen LogP contribution in [0.3, 0.4) is 0 Å². The van der Waals surface area contributed by atoms with Gasteiger partial charge in [0.1, 0.15) is 47.2 Å². The molecule has 3 aromatic carbocycles. The Balaban J connectivity index is 1.94. The van der Waals surface area contributed by atoms with Gasteiger partial charge in [-0.05, 0) is 49.2 Å². The number of methoxy groups -OCH3 is 2. The van der Waals surface area contributed by atoms with Crippen molar-refractivity contribution in [3.05, 3.63) is 51.9 Å². The first-order valence-corrected chi connectivity index (χ1v) is 11.8. The standard InChI is InChI=1S/C27H28O10/c1-10(28)12-7-15-19(17(8-12)34-3)14-9-18(35-4)21-16(30)6-5-13(20(21)25(14)37-27(15)33)26-23(32)22(31)24(36-26)11(2)29/h5-11,22-24,26,28-32H,1-4H3/t10-,11+,22+,23+,24-,26+/m0/s1. The summed E-state index contributed by atoms with van der Waals surface area (Å²) in [6.07, 6.45) is -6.90. The van der Waals surface area contributed by atoms with Crippen molar-refractivity contribution >= 4 is 32.5 Å². The lowest BCUT2D eigenvalue weighted by Gasteiger charge is -2.21. The second-order valence-electron chi connectivity index (χ2n) is 9.33. The van der Waals surface area contributed by atoms with E-state index in [-0.39, 0.29) is 33.2 Å². The maximum Gasteiger partial charge on any atom is 0.344 e. The van der Waals surface area contributed by atoms with Gasteiger partial charge in [-0.3, -0.25) is 0 Å². The monoisotopic (exact) mass is 512 g/mol. The third kappa shape index (κ3) is 3.80. The maximum absolute atomic E-state index is 13.3. The third-order valence-electron chi connectivity index (χ3n) is 7.02. The van der Waals surface area contributed by atoms with Gasteiger partial charge in [0.2, 0.25) is 0 Å². The molecule has 5 N–H and O–H groups in total. The molecule has 196 valence electrons. The van der Waals surface area contributed by atoms with E-state index < -0.39 is 42.2 Å². The Morgan fingerprint density at radius 1 is 0.892 bits per heavy atom. The molecule has 0 bridgehead atoms. The third-order valence-corrected chi connectivity index (χ3v) is 7.02. The van der Waals surface area contributed by atoms with E-state index in [1.54, 1.807) is 19.1 Å². The normalized spacial score (nSPS) is 23.6. The van der Waals surface area contributed by atoms with E-state index in [0.717, 1.165) is 0 Å². The molecule has 0 spiro atoms. The van der Waals surface area contributed by atoms with E-state index in [0.29, 0.717) is 27.6 Å². The molecule has 1 aliphatic heterocycles.